The van der Waals surface area contributed by atoms with Crippen LogP contribution in [0.5, 0.6) is 5.75 Å². The zero-order chi connectivity index (χ0) is 20.8. The number of ether oxygens (including phenoxy) is 1. The Morgan fingerprint density at radius 1 is 1.03 bits per heavy atom. The first-order valence-corrected chi connectivity index (χ1v) is 10.7. The van der Waals surface area contributed by atoms with Gasteiger partial charge < -0.3 is 9.84 Å². The maximum Gasteiger partial charge on any atom is 0.267 e. The van der Waals surface area contributed by atoms with E-state index in [1.807, 2.05) is 19.1 Å². The first kappa shape index (κ1) is 21.4. The maximum atomic E-state index is 13.1. The van der Waals surface area contributed by atoms with E-state index < -0.39 is 0 Å². The summed E-state index contributed by atoms with van der Waals surface area (Å²) in [5, 5.41) is 9.83. The summed E-state index contributed by atoms with van der Waals surface area (Å²) in [6.45, 7) is 2.66. The Morgan fingerprint density at radius 3 is 2.34 bits per heavy atom. The number of halogens is 1. The lowest BCUT2D eigenvalue weighted by atomic mass is 10.1. The molecule has 29 heavy (non-hydrogen) atoms. The third-order valence-electron chi connectivity index (χ3n) is 4.45. The first-order chi connectivity index (χ1) is 14.0. The minimum atomic E-state index is -0.314. The fraction of sp³-hybridized carbons (Fsp3) is 0.273. The predicted octanol–water partition coefficient (Wildman–Crippen LogP) is 3.79. The van der Waals surface area contributed by atoms with Gasteiger partial charge in [-0.3, -0.25) is 14.5 Å². The van der Waals surface area contributed by atoms with Gasteiger partial charge in [-0.25, -0.2) is 0 Å². The number of benzene rings is 2. The van der Waals surface area contributed by atoms with E-state index in [0.717, 1.165) is 5.56 Å². The summed E-state index contributed by atoms with van der Waals surface area (Å²) >= 11 is 7.12. The van der Waals surface area contributed by atoms with Crippen molar-refractivity contribution >= 4 is 40.8 Å². The van der Waals surface area contributed by atoms with E-state index in [1.54, 1.807) is 36.4 Å². The van der Waals surface area contributed by atoms with Crippen LogP contribution in [0.3, 0.4) is 0 Å². The van der Waals surface area contributed by atoms with Crippen LogP contribution < -0.4 is 4.74 Å². The summed E-state index contributed by atoms with van der Waals surface area (Å²) in [7, 11) is 0. The monoisotopic (exact) mass is 431 g/mol. The fourth-order valence-electron chi connectivity index (χ4n) is 3.07. The van der Waals surface area contributed by atoms with Gasteiger partial charge in [-0.2, -0.15) is 0 Å². The van der Waals surface area contributed by atoms with Gasteiger partial charge in [-0.1, -0.05) is 35.9 Å². The molecule has 2 aromatic rings. The number of aliphatic hydroxyl groups excluding tert-OH is 1. The van der Waals surface area contributed by atoms with Crippen LogP contribution in [0.2, 0.25) is 5.02 Å². The molecule has 1 N–H and O–H groups in total. The number of imide groups is 1. The van der Waals surface area contributed by atoms with E-state index in [9.17, 15) is 14.7 Å². The Bertz CT molecular complexity index is 909. The van der Waals surface area contributed by atoms with Gasteiger partial charge >= 0.3 is 0 Å². The lowest BCUT2D eigenvalue weighted by Crippen LogP contribution is -2.33. The third-order valence-corrected chi connectivity index (χ3v) is 5.76. The normalized spacial score (nSPS) is 14.1. The van der Waals surface area contributed by atoms with E-state index in [-0.39, 0.29) is 25.0 Å². The number of carbonyl (C=O) groups excluding carboxylic acids is 2. The zero-order valence-corrected chi connectivity index (χ0v) is 17.6. The van der Waals surface area contributed by atoms with Crippen molar-refractivity contribution in [3.8, 4) is 5.75 Å². The van der Waals surface area contributed by atoms with E-state index in [0.29, 0.717) is 45.6 Å². The molecule has 0 radical (unpaired) electrons. The molecule has 0 saturated carbocycles. The lowest BCUT2D eigenvalue weighted by molar-refractivity contribution is -0.136. The number of carbonyl (C=O) groups is 2. The van der Waals surface area contributed by atoms with Crippen LogP contribution in [0.15, 0.2) is 53.4 Å². The van der Waals surface area contributed by atoms with Crippen molar-refractivity contribution in [3.05, 3.63) is 69.6 Å². The highest BCUT2D eigenvalue weighted by Gasteiger charge is 2.38. The third kappa shape index (κ3) is 5.01. The Balaban J connectivity index is 1.83. The van der Waals surface area contributed by atoms with Gasteiger partial charge in [-0.05, 0) is 48.7 Å². The van der Waals surface area contributed by atoms with Crippen molar-refractivity contribution in [2.45, 2.75) is 13.3 Å². The molecule has 0 fully saturated rings. The van der Waals surface area contributed by atoms with Crippen LogP contribution in [0, 0.1) is 0 Å². The summed E-state index contributed by atoms with van der Waals surface area (Å²) in [4.78, 5) is 27.7. The molecular formula is C22H22ClNO4S. The molecule has 2 aromatic carbocycles. The minimum Gasteiger partial charge on any atom is -0.494 e. The molecule has 152 valence electrons. The van der Waals surface area contributed by atoms with Crippen LogP contribution in [-0.4, -0.2) is 47.3 Å². The summed E-state index contributed by atoms with van der Waals surface area (Å²) in [5.41, 5.74) is 2.04. The molecule has 0 unspecified atom stereocenters. The highest BCUT2D eigenvalue weighted by Crippen LogP contribution is 2.36. The molecule has 0 bridgehead atoms. The van der Waals surface area contributed by atoms with Crippen LogP contribution in [0.4, 0.5) is 0 Å². The Labute approximate surface area is 179 Å². The van der Waals surface area contributed by atoms with Gasteiger partial charge in [0, 0.05) is 17.3 Å². The quantitative estimate of drug-likeness (QED) is 0.612. The highest BCUT2D eigenvalue weighted by molar-refractivity contribution is 8.04. The largest absolute Gasteiger partial charge is 0.494 e. The summed E-state index contributed by atoms with van der Waals surface area (Å²) < 4.78 is 5.45. The van der Waals surface area contributed by atoms with Crippen molar-refractivity contribution in [3.63, 3.8) is 0 Å². The van der Waals surface area contributed by atoms with E-state index in [2.05, 4.69) is 0 Å². The summed E-state index contributed by atoms with van der Waals surface area (Å²) in [6, 6.07) is 14.5. The Kier molecular flexibility index (Phi) is 7.36. The molecule has 3 rings (SSSR count). The van der Waals surface area contributed by atoms with Crippen molar-refractivity contribution in [2.75, 3.05) is 25.5 Å². The van der Waals surface area contributed by atoms with Gasteiger partial charge in [0.15, 0.2) is 0 Å². The van der Waals surface area contributed by atoms with Crippen molar-refractivity contribution in [2.24, 2.45) is 0 Å². The molecule has 5 nitrogen and oxygen atoms in total. The van der Waals surface area contributed by atoms with Crippen molar-refractivity contribution in [1.82, 2.24) is 4.90 Å². The van der Waals surface area contributed by atoms with Gasteiger partial charge in [0.05, 0.1) is 23.7 Å². The second-order valence-electron chi connectivity index (χ2n) is 6.37. The molecular weight excluding hydrogens is 410 g/mol. The van der Waals surface area contributed by atoms with Crippen LogP contribution >= 0.6 is 23.4 Å². The summed E-state index contributed by atoms with van der Waals surface area (Å²) in [5.74, 6) is 0.428. The second-order valence-corrected chi connectivity index (χ2v) is 7.91. The number of nitrogens with zero attached hydrogens (tertiary/aromatic N) is 1. The van der Waals surface area contributed by atoms with E-state index in [1.165, 1.54) is 16.7 Å². The second kappa shape index (κ2) is 9.96. The van der Waals surface area contributed by atoms with Crippen LogP contribution in [-0.2, 0) is 16.0 Å². The van der Waals surface area contributed by atoms with Gasteiger partial charge in [0.2, 0.25) is 0 Å². The zero-order valence-electron chi connectivity index (χ0n) is 16.1. The molecule has 0 aliphatic carbocycles. The van der Waals surface area contributed by atoms with Crippen LogP contribution in [0.25, 0.3) is 5.57 Å². The molecule has 0 saturated heterocycles. The lowest BCUT2D eigenvalue weighted by Gasteiger charge is -2.15. The first-order valence-electron chi connectivity index (χ1n) is 9.37. The highest BCUT2D eigenvalue weighted by atomic mass is 35.5. The average molecular weight is 432 g/mol. The van der Waals surface area contributed by atoms with Crippen molar-refractivity contribution < 1.29 is 19.4 Å². The molecule has 1 aliphatic heterocycles. The SMILES string of the molecule is CCOc1ccc(C2=C(SCCO)C(=O)N(CCc3ccc(Cl)cc3)C2=O)cc1. The fourth-order valence-corrected chi connectivity index (χ4v) is 4.07. The maximum absolute atomic E-state index is 13.1. The molecule has 1 aliphatic rings. The molecule has 0 atom stereocenters. The van der Waals surface area contributed by atoms with Crippen LogP contribution in [0.1, 0.15) is 18.1 Å². The molecule has 2 amide bonds. The Hall–Kier alpha value is -2.28. The Morgan fingerprint density at radius 2 is 1.72 bits per heavy atom. The number of rotatable bonds is 9. The average Bonchev–Trinajstić information content (AvgIpc) is 2.96. The number of amides is 2. The summed E-state index contributed by atoms with van der Waals surface area (Å²) in [6.07, 6.45) is 0.545. The van der Waals surface area contributed by atoms with Crippen molar-refractivity contribution in [1.29, 1.82) is 0 Å². The number of aliphatic hydroxyl groups is 1. The van der Waals surface area contributed by atoms with Gasteiger partial charge in [0.25, 0.3) is 11.8 Å². The molecule has 7 heteroatoms. The number of hydrogen-bond donors (Lipinski definition) is 1. The van der Waals surface area contributed by atoms with Gasteiger partial charge in [0.1, 0.15) is 5.75 Å². The number of thioether (sulfide) groups is 1. The predicted molar refractivity (Wildman–Crippen MR) is 116 cm³/mol. The minimum absolute atomic E-state index is 0.0725. The van der Waals surface area contributed by atoms with Gasteiger partial charge in [-0.15, -0.1) is 11.8 Å². The molecule has 0 spiro atoms. The standard InChI is InChI=1S/C22H22ClNO4S/c1-2-28-18-9-5-16(6-10-18)19-20(29-14-13-25)22(27)24(21(19)26)12-11-15-3-7-17(23)8-4-15/h3-10,25H,2,11-14H2,1H3. The van der Waals surface area contributed by atoms with E-state index in [4.69, 9.17) is 16.3 Å². The van der Waals surface area contributed by atoms with E-state index >= 15 is 0 Å². The number of hydrogen-bond acceptors (Lipinski definition) is 5. The molecule has 1 heterocycles. The smallest absolute Gasteiger partial charge is 0.267 e. The molecule has 0 aromatic heterocycles. The topological polar surface area (TPSA) is 66.8 Å².